The minimum Gasteiger partial charge on any atom is -0.493 e. The van der Waals surface area contributed by atoms with Gasteiger partial charge in [0.05, 0.1) is 34.1 Å². The van der Waals surface area contributed by atoms with Crippen LogP contribution in [0.3, 0.4) is 0 Å². The van der Waals surface area contributed by atoms with E-state index in [1.165, 1.54) is 0 Å². The Labute approximate surface area is 194 Å². The molecule has 4 aromatic rings. The molecule has 0 unspecified atom stereocenters. The summed E-state index contributed by atoms with van der Waals surface area (Å²) in [6, 6.07) is 20.1. The van der Waals surface area contributed by atoms with E-state index in [0.29, 0.717) is 23.0 Å². The van der Waals surface area contributed by atoms with Crippen molar-refractivity contribution in [1.29, 1.82) is 0 Å². The van der Waals surface area contributed by atoms with E-state index in [2.05, 4.69) is 12.1 Å². The van der Waals surface area contributed by atoms with Crippen LogP contribution in [0.15, 0.2) is 60.7 Å². The van der Waals surface area contributed by atoms with E-state index < -0.39 is 0 Å². The van der Waals surface area contributed by atoms with E-state index in [0.717, 1.165) is 39.0 Å². The van der Waals surface area contributed by atoms with Crippen molar-refractivity contribution in [2.45, 2.75) is 0 Å². The minimum atomic E-state index is 0.648. The average Bonchev–Trinajstić information content (AvgIpc) is 2.86. The van der Waals surface area contributed by atoms with Crippen molar-refractivity contribution in [2.24, 2.45) is 0 Å². The third-order valence-electron chi connectivity index (χ3n) is 5.63. The number of fused-ring (bicyclic) bond motifs is 1. The molecule has 0 N–H and O–H groups in total. The third kappa shape index (κ3) is 4.00. The first-order valence-corrected chi connectivity index (χ1v) is 10.6. The summed E-state index contributed by atoms with van der Waals surface area (Å²) in [6.07, 6.45) is 0. The van der Waals surface area contributed by atoms with Crippen molar-refractivity contribution in [3.8, 4) is 45.4 Å². The molecule has 3 aromatic carbocycles. The van der Waals surface area contributed by atoms with E-state index in [1.807, 2.05) is 67.5 Å². The van der Waals surface area contributed by atoms with Gasteiger partial charge in [-0.3, -0.25) is 0 Å². The van der Waals surface area contributed by atoms with Crippen LogP contribution < -0.4 is 23.8 Å². The maximum Gasteiger partial charge on any atom is 0.161 e. The molecule has 1 aromatic heterocycles. The van der Waals surface area contributed by atoms with Gasteiger partial charge in [0, 0.05) is 30.6 Å². The molecule has 1 heterocycles. The number of rotatable bonds is 7. The number of methoxy groups -OCH3 is 4. The molecule has 4 rings (SSSR count). The van der Waals surface area contributed by atoms with Gasteiger partial charge < -0.3 is 23.8 Å². The highest BCUT2D eigenvalue weighted by Crippen LogP contribution is 2.45. The molecule has 33 heavy (non-hydrogen) atoms. The Balaban J connectivity index is 2.16. The van der Waals surface area contributed by atoms with Gasteiger partial charge in [-0.25, -0.2) is 4.98 Å². The maximum absolute atomic E-state index is 5.65. The molecule has 0 aliphatic carbocycles. The number of hydrogen-bond acceptors (Lipinski definition) is 6. The van der Waals surface area contributed by atoms with Crippen molar-refractivity contribution in [3.05, 3.63) is 60.7 Å². The van der Waals surface area contributed by atoms with Crippen LogP contribution in [-0.4, -0.2) is 47.5 Å². The monoisotopic (exact) mass is 444 g/mol. The predicted octanol–water partition coefficient (Wildman–Crippen LogP) is 5.67. The van der Waals surface area contributed by atoms with Crippen molar-refractivity contribution in [2.75, 3.05) is 47.4 Å². The first-order valence-electron chi connectivity index (χ1n) is 10.6. The predicted molar refractivity (Wildman–Crippen MR) is 133 cm³/mol. The fourth-order valence-corrected chi connectivity index (χ4v) is 4.05. The topological polar surface area (TPSA) is 53.1 Å². The summed E-state index contributed by atoms with van der Waals surface area (Å²) in [5.41, 5.74) is 3.82. The molecular formula is C27H28N2O4. The number of hydrogen-bond donors (Lipinski definition) is 0. The van der Waals surface area contributed by atoms with Gasteiger partial charge in [0.1, 0.15) is 5.82 Å². The van der Waals surface area contributed by atoms with Crippen LogP contribution in [0.4, 0.5) is 5.82 Å². The van der Waals surface area contributed by atoms with Gasteiger partial charge >= 0.3 is 0 Å². The Hall–Kier alpha value is -3.93. The fourth-order valence-electron chi connectivity index (χ4n) is 4.05. The molecule has 0 fully saturated rings. The van der Waals surface area contributed by atoms with E-state index in [1.54, 1.807) is 28.4 Å². The zero-order chi connectivity index (χ0) is 23.5. The van der Waals surface area contributed by atoms with Crippen LogP contribution in [0.2, 0.25) is 0 Å². The average molecular weight is 445 g/mol. The molecule has 0 saturated carbocycles. The number of nitrogens with zero attached hydrogens (tertiary/aromatic N) is 2. The first kappa shape index (κ1) is 22.3. The lowest BCUT2D eigenvalue weighted by Gasteiger charge is -2.22. The standard InChI is InChI=1S/C27H28N2O4/c1-29(2)27-20-16-24(33-6)23(32-5)15-19(20)25(17-10-8-7-9-11-17)26(28-27)18-12-13-21(30-3)22(14-18)31-4/h7-16H,1-6H3. The summed E-state index contributed by atoms with van der Waals surface area (Å²) in [7, 11) is 10.5. The van der Waals surface area contributed by atoms with Crippen LogP contribution in [0, 0.1) is 0 Å². The summed E-state index contributed by atoms with van der Waals surface area (Å²) in [5, 5.41) is 1.99. The Morgan fingerprint density at radius 1 is 0.606 bits per heavy atom. The summed E-state index contributed by atoms with van der Waals surface area (Å²) < 4.78 is 22.3. The van der Waals surface area contributed by atoms with Gasteiger partial charge in [-0.2, -0.15) is 0 Å². The lowest BCUT2D eigenvalue weighted by Crippen LogP contribution is -2.12. The maximum atomic E-state index is 5.65. The molecule has 0 spiro atoms. The zero-order valence-electron chi connectivity index (χ0n) is 19.8. The SMILES string of the molecule is COc1ccc(-c2nc(N(C)C)c3cc(OC)c(OC)cc3c2-c2ccccc2)cc1OC. The number of ether oxygens (including phenoxy) is 4. The van der Waals surface area contributed by atoms with Crippen molar-refractivity contribution in [1.82, 2.24) is 4.98 Å². The molecule has 0 aliphatic rings. The smallest absolute Gasteiger partial charge is 0.161 e. The zero-order valence-corrected chi connectivity index (χ0v) is 19.8. The minimum absolute atomic E-state index is 0.648. The van der Waals surface area contributed by atoms with Crippen molar-refractivity contribution in [3.63, 3.8) is 0 Å². The van der Waals surface area contributed by atoms with Gasteiger partial charge in [-0.05, 0) is 41.3 Å². The second kappa shape index (κ2) is 9.28. The first-order chi connectivity index (χ1) is 16.0. The lowest BCUT2D eigenvalue weighted by atomic mass is 9.93. The lowest BCUT2D eigenvalue weighted by molar-refractivity contribution is 0.355. The molecule has 0 radical (unpaired) electrons. The van der Waals surface area contributed by atoms with E-state index in [9.17, 15) is 0 Å². The van der Waals surface area contributed by atoms with E-state index in [4.69, 9.17) is 23.9 Å². The molecular weight excluding hydrogens is 416 g/mol. The van der Waals surface area contributed by atoms with Gasteiger partial charge in [0.25, 0.3) is 0 Å². The fraction of sp³-hybridized carbons (Fsp3) is 0.222. The molecule has 0 amide bonds. The summed E-state index contributed by atoms with van der Waals surface area (Å²) in [6.45, 7) is 0. The Morgan fingerprint density at radius 3 is 1.76 bits per heavy atom. The van der Waals surface area contributed by atoms with Crippen LogP contribution in [-0.2, 0) is 0 Å². The molecule has 6 nitrogen and oxygen atoms in total. The second-order valence-electron chi connectivity index (χ2n) is 7.74. The van der Waals surface area contributed by atoms with Crippen molar-refractivity contribution >= 4 is 16.6 Å². The molecule has 0 atom stereocenters. The number of benzene rings is 3. The number of aromatic nitrogens is 1. The molecule has 6 heteroatoms. The van der Waals surface area contributed by atoms with Crippen molar-refractivity contribution < 1.29 is 18.9 Å². The Kier molecular flexibility index (Phi) is 6.27. The van der Waals surface area contributed by atoms with E-state index >= 15 is 0 Å². The number of pyridine rings is 1. The van der Waals surface area contributed by atoms with Gasteiger partial charge in [0.2, 0.25) is 0 Å². The normalized spacial score (nSPS) is 10.7. The van der Waals surface area contributed by atoms with E-state index in [-0.39, 0.29) is 0 Å². The van der Waals surface area contributed by atoms with Gasteiger partial charge in [-0.1, -0.05) is 30.3 Å². The quantitative estimate of drug-likeness (QED) is 0.366. The summed E-state index contributed by atoms with van der Waals surface area (Å²) in [5.74, 6) is 3.47. The summed E-state index contributed by atoms with van der Waals surface area (Å²) in [4.78, 5) is 7.15. The highest BCUT2D eigenvalue weighted by molar-refractivity contribution is 6.08. The van der Waals surface area contributed by atoms with Gasteiger partial charge in [0.15, 0.2) is 23.0 Å². The Bertz CT molecular complexity index is 1290. The Morgan fingerprint density at radius 2 is 1.18 bits per heavy atom. The van der Waals surface area contributed by atoms with Crippen LogP contribution in [0.5, 0.6) is 23.0 Å². The van der Waals surface area contributed by atoms with Crippen LogP contribution in [0.1, 0.15) is 0 Å². The second-order valence-corrected chi connectivity index (χ2v) is 7.74. The number of anilines is 1. The van der Waals surface area contributed by atoms with Gasteiger partial charge in [-0.15, -0.1) is 0 Å². The molecule has 0 bridgehead atoms. The molecule has 0 saturated heterocycles. The highest BCUT2D eigenvalue weighted by Gasteiger charge is 2.21. The van der Waals surface area contributed by atoms with Crippen LogP contribution >= 0.6 is 0 Å². The molecule has 0 aliphatic heterocycles. The third-order valence-corrected chi connectivity index (χ3v) is 5.63. The molecule has 170 valence electrons. The van der Waals surface area contributed by atoms with Crippen LogP contribution in [0.25, 0.3) is 33.2 Å². The summed E-state index contributed by atoms with van der Waals surface area (Å²) >= 11 is 0. The largest absolute Gasteiger partial charge is 0.493 e. The highest BCUT2D eigenvalue weighted by atomic mass is 16.5.